The molecule has 0 spiro atoms. The third-order valence-electron chi connectivity index (χ3n) is 3.71. The molecule has 1 fully saturated rings. The fourth-order valence-electron chi connectivity index (χ4n) is 2.68. The van der Waals surface area contributed by atoms with E-state index in [0.717, 1.165) is 25.0 Å². The minimum atomic E-state index is 0.234. The summed E-state index contributed by atoms with van der Waals surface area (Å²) >= 11 is 0. The fraction of sp³-hybridized carbons (Fsp3) is 0.667. The Kier molecular flexibility index (Phi) is 8.72. The van der Waals surface area contributed by atoms with Crippen molar-refractivity contribution in [2.75, 3.05) is 6.54 Å². The van der Waals surface area contributed by atoms with Gasteiger partial charge in [-0.25, -0.2) is 0 Å². The van der Waals surface area contributed by atoms with Crippen LogP contribution in [0.3, 0.4) is 0 Å². The standard InChI is InChI=1S/C15H22N2O.C3H8/c1-12-5-4-6-13(11-12)15(18)17-10-8-14-7-2-3-9-16-14;1-3-2/h2-3,7,9,12-13H,4-6,8,10-11H2,1H3,(H,17,18);3H2,1-2H3. The molecule has 2 atom stereocenters. The van der Waals surface area contributed by atoms with Crippen LogP contribution in [0.15, 0.2) is 24.4 Å². The monoisotopic (exact) mass is 290 g/mol. The van der Waals surface area contributed by atoms with Gasteiger partial charge in [0, 0.05) is 30.8 Å². The smallest absolute Gasteiger partial charge is 0.223 e. The van der Waals surface area contributed by atoms with Crippen molar-refractivity contribution in [3.05, 3.63) is 30.1 Å². The topological polar surface area (TPSA) is 42.0 Å². The van der Waals surface area contributed by atoms with Crippen LogP contribution in [0.4, 0.5) is 0 Å². The first kappa shape index (κ1) is 17.7. The molecule has 0 saturated heterocycles. The Morgan fingerprint density at radius 1 is 1.33 bits per heavy atom. The number of rotatable bonds is 4. The second-order valence-electron chi connectivity index (χ2n) is 6.04. The van der Waals surface area contributed by atoms with Gasteiger partial charge < -0.3 is 5.32 Å². The van der Waals surface area contributed by atoms with Crippen molar-refractivity contribution >= 4 is 5.91 Å². The van der Waals surface area contributed by atoms with E-state index in [-0.39, 0.29) is 11.8 Å². The molecule has 3 nitrogen and oxygen atoms in total. The second-order valence-corrected chi connectivity index (χ2v) is 6.04. The van der Waals surface area contributed by atoms with Gasteiger partial charge in [0.1, 0.15) is 0 Å². The third kappa shape index (κ3) is 7.26. The maximum Gasteiger partial charge on any atom is 0.223 e. The zero-order valence-electron chi connectivity index (χ0n) is 13.8. The summed E-state index contributed by atoms with van der Waals surface area (Å²) in [4.78, 5) is 16.3. The van der Waals surface area contributed by atoms with Gasteiger partial charge in [0.15, 0.2) is 0 Å². The summed E-state index contributed by atoms with van der Waals surface area (Å²) < 4.78 is 0. The number of carbonyl (C=O) groups excluding carboxylic acids is 1. The van der Waals surface area contributed by atoms with Crippen LogP contribution in [0.2, 0.25) is 0 Å². The van der Waals surface area contributed by atoms with Crippen molar-refractivity contribution in [1.82, 2.24) is 10.3 Å². The van der Waals surface area contributed by atoms with Gasteiger partial charge in [-0.05, 0) is 30.9 Å². The lowest BCUT2D eigenvalue weighted by atomic mass is 9.82. The van der Waals surface area contributed by atoms with Crippen LogP contribution >= 0.6 is 0 Å². The van der Waals surface area contributed by atoms with Gasteiger partial charge in [-0.1, -0.05) is 46.1 Å². The predicted molar refractivity (Wildman–Crippen MR) is 88.0 cm³/mol. The second kappa shape index (κ2) is 10.4. The minimum absolute atomic E-state index is 0.234. The zero-order chi connectivity index (χ0) is 15.5. The zero-order valence-corrected chi connectivity index (χ0v) is 13.8. The van der Waals surface area contributed by atoms with E-state index in [1.807, 2.05) is 18.2 Å². The van der Waals surface area contributed by atoms with E-state index in [4.69, 9.17) is 0 Å². The number of hydrogen-bond donors (Lipinski definition) is 1. The van der Waals surface area contributed by atoms with Gasteiger partial charge in [0.2, 0.25) is 5.91 Å². The van der Waals surface area contributed by atoms with E-state index in [9.17, 15) is 4.79 Å². The molecule has 118 valence electrons. The lowest BCUT2D eigenvalue weighted by Gasteiger charge is -2.25. The predicted octanol–water partition coefficient (Wildman–Crippen LogP) is 3.98. The molecule has 0 radical (unpaired) electrons. The highest BCUT2D eigenvalue weighted by Crippen LogP contribution is 2.28. The summed E-state index contributed by atoms with van der Waals surface area (Å²) in [5.41, 5.74) is 1.04. The minimum Gasteiger partial charge on any atom is -0.355 e. The molecule has 1 N–H and O–H groups in total. The highest BCUT2D eigenvalue weighted by atomic mass is 16.1. The molecule has 1 amide bonds. The molecular weight excluding hydrogens is 260 g/mol. The molecule has 0 aromatic carbocycles. The van der Waals surface area contributed by atoms with Crippen molar-refractivity contribution in [2.24, 2.45) is 11.8 Å². The number of nitrogens with one attached hydrogen (secondary N) is 1. The van der Waals surface area contributed by atoms with Gasteiger partial charge in [0.25, 0.3) is 0 Å². The molecule has 21 heavy (non-hydrogen) atoms. The van der Waals surface area contributed by atoms with Crippen LogP contribution < -0.4 is 5.32 Å². The van der Waals surface area contributed by atoms with Crippen LogP contribution in [0.1, 0.15) is 58.6 Å². The third-order valence-corrected chi connectivity index (χ3v) is 3.71. The molecule has 0 aliphatic heterocycles. The number of pyridine rings is 1. The van der Waals surface area contributed by atoms with E-state index in [1.54, 1.807) is 6.20 Å². The number of carbonyl (C=O) groups is 1. The fourth-order valence-corrected chi connectivity index (χ4v) is 2.68. The lowest BCUT2D eigenvalue weighted by Crippen LogP contribution is -2.34. The van der Waals surface area contributed by atoms with Crippen molar-refractivity contribution in [3.8, 4) is 0 Å². The SMILES string of the molecule is CC1CCCC(C(=O)NCCc2ccccn2)C1.CCC. The number of nitrogens with zero attached hydrogens (tertiary/aromatic N) is 1. The van der Waals surface area contributed by atoms with E-state index < -0.39 is 0 Å². The van der Waals surface area contributed by atoms with Crippen molar-refractivity contribution in [2.45, 2.75) is 59.3 Å². The van der Waals surface area contributed by atoms with Crippen molar-refractivity contribution in [1.29, 1.82) is 0 Å². The summed E-state index contributed by atoms with van der Waals surface area (Å²) in [5.74, 6) is 1.17. The highest BCUT2D eigenvalue weighted by molar-refractivity contribution is 5.78. The molecule has 1 saturated carbocycles. The van der Waals surface area contributed by atoms with E-state index >= 15 is 0 Å². The lowest BCUT2D eigenvalue weighted by molar-refractivity contribution is -0.126. The van der Waals surface area contributed by atoms with Crippen molar-refractivity contribution in [3.63, 3.8) is 0 Å². The number of aromatic nitrogens is 1. The average Bonchev–Trinajstić information content (AvgIpc) is 2.49. The van der Waals surface area contributed by atoms with Crippen LogP contribution in [0.25, 0.3) is 0 Å². The van der Waals surface area contributed by atoms with Gasteiger partial charge in [-0.15, -0.1) is 0 Å². The van der Waals surface area contributed by atoms with Crippen molar-refractivity contribution < 1.29 is 4.79 Å². The molecule has 3 heteroatoms. The van der Waals surface area contributed by atoms with E-state index in [1.165, 1.54) is 19.3 Å². The molecule has 1 aliphatic rings. The van der Waals surface area contributed by atoms with Gasteiger partial charge in [-0.2, -0.15) is 0 Å². The number of hydrogen-bond acceptors (Lipinski definition) is 2. The molecule has 1 aromatic heterocycles. The first-order chi connectivity index (χ1) is 10.2. The normalized spacial score (nSPS) is 21.1. The largest absolute Gasteiger partial charge is 0.355 e. The first-order valence-corrected chi connectivity index (χ1v) is 8.34. The van der Waals surface area contributed by atoms with Crippen LogP contribution in [-0.4, -0.2) is 17.4 Å². The van der Waals surface area contributed by atoms with Crippen LogP contribution in [-0.2, 0) is 11.2 Å². The van der Waals surface area contributed by atoms with E-state index in [0.29, 0.717) is 12.5 Å². The van der Waals surface area contributed by atoms with Crippen LogP contribution in [0, 0.1) is 11.8 Å². The Morgan fingerprint density at radius 2 is 2.10 bits per heavy atom. The molecule has 0 bridgehead atoms. The first-order valence-electron chi connectivity index (χ1n) is 8.34. The average molecular weight is 290 g/mol. The molecule has 2 unspecified atom stereocenters. The molecule has 1 aromatic rings. The summed E-state index contributed by atoms with van der Waals surface area (Å²) in [6.07, 6.45) is 8.43. The Bertz CT molecular complexity index is 391. The summed E-state index contributed by atoms with van der Waals surface area (Å²) in [6.45, 7) is 7.19. The molecule has 1 aliphatic carbocycles. The van der Waals surface area contributed by atoms with Gasteiger partial charge >= 0.3 is 0 Å². The Balaban J connectivity index is 0.000000677. The quantitative estimate of drug-likeness (QED) is 0.911. The van der Waals surface area contributed by atoms with Gasteiger partial charge in [0.05, 0.1) is 0 Å². The Morgan fingerprint density at radius 3 is 2.71 bits per heavy atom. The molecule has 1 heterocycles. The molecule has 2 rings (SSSR count). The Hall–Kier alpha value is -1.38. The van der Waals surface area contributed by atoms with Gasteiger partial charge in [-0.3, -0.25) is 9.78 Å². The summed E-state index contributed by atoms with van der Waals surface area (Å²) in [6, 6.07) is 5.88. The van der Waals surface area contributed by atoms with E-state index in [2.05, 4.69) is 31.1 Å². The number of amides is 1. The maximum atomic E-state index is 12.0. The summed E-state index contributed by atoms with van der Waals surface area (Å²) in [5, 5.41) is 3.04. The maximum absolute atomic E-state index is 12.0. The summed E-state index contributed by atoms with van der Waals surface area (Å²) in [7, 11) is 0. The van der Waals surface area contributed by atoms with Crippen LogP contribution in [0.5, 0.6) is 0 Å². The highest BCUT2D eigenvalue weighted by Gasteiger charge is 2.24. The molecular formula is C18H30N2O. The Labute approximate surface area is 129 Å².